The summed E-state index contributed by atoms with van der Waals surface area (Å²) in [5, 5.41) is 0. The highest BCUT2D eigenvalue weighted by Crippen LogP contribution is 2.35. The van der Waals surface area contributed by atoms with E-state index < -0.39 is 0 Å². The van der Waals surface area contributed by atoms with Crippen molar-refractivity contribution in [3.8, 4) is 11.5 Å². The molecule has 0 saturated heterocycles. The Morgan fingerprint density at radius 1 is 1.00 bits per heavy atom. The average Bonchev–Trinajstić information content (AvgIpc) is 2.99. The van der Waals surface area contributed by atoms with Crippen LogP contribution in [0.25, 0.3) is 6.08 Å². The van der Waals surface area contributed by atoms with Gasteiger partial charge in [0, 0.05) is 6.07 Å². The largest absolute Gasteiger partial charge is 0.452 e. The van der Waals surface area contributed by atoms with Crippen LogP contribution in [0.5, 0.6) is 11.5 Å². The molecule has 0 saturated carbocycles. The van der Waals surface area contributed by atoms with Crippen molar-refractivity contribution < 1.29 is 19.1 Å². The highest BCUT2D eigenvalue weighted by molar-refractivity contribution is 6.14. The molecule has 0 amide bonds. The summed E-state index contributed by atoms with van der Waals surface area (Å²) in [6.07, 6.45) is 1.89. The van der Waals surface area contributed by atoms with Gasteiger partial charge < -0.3 is 9.47 Å². The van der Waals surface area contributed by atoms with Crippen molar-refractivity contribution >= 4 is 17.8 Å². The fraction of sp³-hybridized carbons (Fsp3) is 0.0833. The molecule has 0 aliphatic carbocycles. The Bertz CT molecular complexity index is 1060. The van der Waals surface area contributed by atoms with Crippen LogP contribution in [-0.4, -0.2) is 11.8 Å². The normalized spacial score (nSPS) is 13.9. The molecule has 1 heterocycles. The van der Waals surface area contributed by atoms with Gasteiger partial charge in [0.1, 0.15) is 11.5 Å². The summed E-state index contributed by atoms with van der Waals surface area (Å²) in [5.74, 6) is 0.452. The van der Waals surface area contributed by atoms with E-state index in [-0.39, 0.29) is 23.9 Å². The molecule has 28 heavy (non-hydrogen) atoms. The molecule has 4 heteroatoms. The lowest BCUT2D eigenvalue weighted by Crippen LogP contribution is -2.11. The Morgan fingerprint density at radius 2 is 1.75 bits per heavy atom. The van der Waals surface area contributed by atoms with Gasteiger partial charge in [-0.2, -0.15) is 0 Å². The second kappa shape index (κ2) is 7.53. The molecule has 4 nitrogen and oxygen atoms in total. The molecule has 0 radical (unpaired) electrons. The van der Waals surface area contributed by atoms with Crippen LogP contribution >= 0.6 is 0 Å². The number of hydrogen-bond donors (Lipinski definition) is 0. The fourth-order valence-corrected chi connectivity index (χ4v) is 2.97. The standard InChI is InChI=1S/C24H18O4/c1-16-7-9-18(10-8-16)13-22-24(26)20-12-11-19(15-21(20)28-22)27-23(25)14-17-5-3-2-4-6-17/h2-13,15H,14H2,1H3/b22-13-. The molecule has 3 aromatic rings. The van der Waals surface area contributed by atoms with E-state index in [0.717, 1.165) is 16.7 Å². The Morgan fingerprint density at radius 3 is 2.50 bits per heavy atom. The zero-order chi connectivity index (χ0) is 19.5. The third-order valence-corrected chi connectivity index (χ3v) is 4.44. The van der Waals surface area contributed by atoms with Crippen LogP contribution in [0.2, 0.25) is 0 Å². The molecule has 0 unspecified atom stereocenters. The van der Waals surface area contributed by atoms with Gasteiger partial charge in [0.2, 0.25) is 5.78 Å². The number of allylic oxidation sites excluding steroid dienone is 1. The highest BCUT2D eigenvalue weighted by atomic mass is 16.5. The Balaban J connectivity index is 1.49. The molecule has 4 rings (SSSR count). The molecule has 0 fully saturated rings. The molecule has 0 atom stereocenters. The van der Waals surface area contributed by atoms with Crippen molar-refractivity contribution in [1.29, 1.82) is 0 Å². The Labute approximate surface area is 163 Å². The second-order valence-electron chi connectivity index (χ2n) is 6.64. The van der Waals surface area contributed by atoms with E-state index in [9.17, 15) is 9.59 Å². The van der Waals surface area contributed by atoms with E-state index in [1.165, 1.54) is 0 Å². The van der Waals surface area contributed by atoms with E-state index in [0.29, 0.717) is 17.1 Å². The van der Waals surface area contributed by atoms with E-state index in [4.69, 9.17) is 9.47 Å². The van der Waals surface area contributed by atoms with Crippen molar-refractivity contribution in [3.05, 3.63) is 101 Å². The predicted molar refractivity (Wildman–Crippen MR) is 106 cm³/mol. The predicted octanol–water partition coefficient (Wildman–Crippen LogP) is 4.76. The summed E-state index contributed by atoms with van der Waals surface area (Å²) in [4.78, 5) is 24.7. The summed E-state index contributed by atoms with van der Waals surface area (Å²) in [7, 11) is 0. The number of Topliss-reactive ketones (excluding diaryl/α,β-unsaturated/α-hetero) is 1. The molecular weight excluding hydrogens is 352 g/mol. The van der Waals surface area contributed by atoms with Crippen molar-refractivity contribution in [2.45, 2.75) is 13.3 Å². The first-order valence-corrected chi connectivity index (χ1v) is 8.98. The van der Waals surface area contributed by atoms with Crippen LogP contribution in [0.4, 0.5) is 0 Å². The maximum Gasteiger partial charge on any atom is 0.315 e. The minimum absolute atomic E-state index is 0.177. The highest BCUT2D eigenvalue weighted by Gasteiger charge is 2.28. The maximum absolute atomic E-state index is 12.5. The minimum atomic E-state index is -0.370. The first-order valence-electron chi connectivity index (χ1n) is 8.98. The molecule has 0 aromatic heterocycles. The van der Waals surface area contributed by atoms with E-state index in [2.05, 4.69) is 0 Å². The topological polar surface area (TPSA) is 52.6 Å². The first kappa shape index (κ1) is 17.7. The Hall–Kier alpha value is -3.66. The zero-order valence-corrected chi connectivity index (χ0v) is 15.3. The third kappa shape index (κ3) is 3.86. The van der Waals surface area contributed by atoms with Crippen LogP contribution in [0.1, 0.15) is 27.0 Å². The molecule has 0 N–H and O–H groups in total. The lowest BCUT2D eigenvalue weighted by Gasteiger charge is -2.06. The van der Waals surface area contributed by atoms with E-state index in [1.54, 1.807) is 24.3 Å². The summed E-state index contributed by atoms with van der Waals surface area (Å²) in [6.45, 7) is 2.00. The smallest absolute Gasteiger partial charge is 0.315 e. The van der Waals surface area contributed by atoms with Gasteiger partial charge in [-0.15, -0.1) is 0 Å². The van der Waals surface area contributed by atoms with Gasteiger partial charge >= 0.3 is 5.97 Å². The fourth-order valence-electron chi connectivity index (χ4n) is 2.97. The van der Waals surface area contributed by atoms with Crippen LogP contribution < -0.4 is 9.47 Å². The maximum atomic E-state index is 12.5. The van der Waals surface area contributed by atoms with Gasteiger partial charge in [-0.05, 0) is 36.3 Å². The minimum Gasteiger partial charge on any atom is -0.452 e. The SMILES string of the molecule is Cc1ccc(/C=C2\Oc3cc(OC(=O)Cc4ccccc4)ccc3C2=O)cc1. The lowest BCUT2D eigenvalue weighted by atomic mass is 10.1. The number of aryl methyl sites for hydroxylation is 1. The van der Waals surface area contributed by atoms with Crippen LogP contribution in [0, 0.1) is 6.92 Å². The van der Waals surface area contributed by atoms with Crippen molar-refractivity contribution in [3.63, 3.8) is 0 Å². The van der Waals surface area contributed by atoms with Crippen LogP contribution in [-0.2, 0) is 11.2 Å². The molecule has 0 bridgehead atoms. The van der Waals surface area contributed by atoms with Gasteiger partial charge in [0.05, 0.1) is 12.0 Å². The number of carbonyl (C=O) groups is 2. The van der Waals surface area contributed by atoms with Crippen molar-refractivity contribution in [1.82, 2.24) is 0 Å². The average molecular weight is 370 g/mol. The molecular formula is C24H18O4. The number of esters is 1. The quantitative estimate of drug-likeness (QED) is 0.377. The van der Waals surface area contributed by atoms with Gasteiger partial charge in [0.25, 0.3) is 0 Å². The van der Waals surface area contributed by atoms with E-state index in [1.807, 2.05) is 61.5 Å². The molecule has 1 aliphatic heterocycles. The summed E-state index contributed by atoms with van der Waals surface area (Å²) in [6, 6.07) is 22.0. The van der Waals surface area contributed by atoms with Crippen molar-refractivity contribution in [2.75, 3.05) is 0 Å². The molecule has 0 spiro atoms. The number of fused-ring (bicyclic) bond motifs is 1. The summed E-state index contributed by atoms with van der Waals surface area (Å²) in [5.41, 5.74) is 3.37. The van der Waals surface area contributed by atoms with Gasteiger partial charge in [0.15, 0.2) is 5.76 Å². The summed E-state index contributed by atoms with van der Waals surface area (Å²) < 4.78 is 11.1. The molecule has 3 aromatic carbocycles. The molecule has 1 aliphatic rings. The van der Waals surface area contributed by atoms with Gasteiger partial charge in [-0.3, -0.25) is 9.59 Å². The first-order chi connectivity index (χ1) is 13.6. The second-order valence-corrected chi connectivity index (χ2v) is 6.64. The number of rotatable bonds is 4. The number of ketones is 1. The van der Waals surface area contributed by atoms with E-state index >= 15 is 0 Å². The number of ether oxygens (including phenoxy) is 2. The van der Waals surface area contributed by atoms with Gasteiger partial charge in [-0.25, -0.2) is 0 Å². The van der Waals surface area contributed by atoms with Crippen LogP contribution in [0.3, 0.4) is 0 Å². The lowest BCUT2D eigenvalue weighted by molar-refractivity contribution is -0.133. The van der Waals surface area contributed by atoms with Gasteiger partial charge in [-0.1, -0.05) is 60.2 Å². The molecule has 138 valence electrons. The summed E-state index contributed by atoms with van der Waals surface area (Å²) >= 11 is 0. The third-order valence-electron chi connectivity index (χ3n) is 4.44. The number of benzene rings is 3. The monoisotopic (exact) mass is 370 g/mol. The zero-order valence-electron chi connectivity index (χ0n) is 15.3. The Kier molecular flexibility index (Phi) is 4.77. The van der Waals surface area contributed by atoms with Crippen LogP contribution in [0.15, 0.2) is 78.6 Å². The number of carbonyl (C=O) groups excluding carboxylic acids is 2. The van der Waals surface area contributed by atoms with Crippen molar-refractivity contribution in [2.24, 2.45) is 0 Å². The number of hydrogen-bond acceptors (Lipinski definition) is 4.